The van der Waals surface area contributed by atoms with Gasteiger partial charge in [0.25, 0.3) is 0 Å². The summed E-state index contributed by atoms with van der Waals surface area (Å²) in [7, 11) is 0. The summed E-state index contributed by atoms with van der Waals surface area (Å²) in [5.41, 5.74) is 2.43. The van der Waals surface area contributed by atoms with Gasteiger partial charge >= 0.3 is 5.97 Å². The summed E-state index contributed by atoms with van der Waals surface area (Å²) in [6.07, 6.45) is 0. The minimum absolute atomic E-state index is 0.420. The molecule has 0 saturated carbocycles. The Hall–Kier alpha value is -1.80. The van der Waals surface area contributed by atoms with E-state index in [1.165, 1.54) is 0 Å². The van der Waals surface area contributed by atoms with Crippen LogP contribution in [0.3, 0.4) is 0 Å². The highest BCUT2D eigenvalue weighted by molar-refractivity contribution is 6.30. The molecule has 0 aliphatic carbocycles. The molecule has 2 nitrogen and oxygen atoms in total. The molecule has 0 amide bonds. The summed E-state index contributed by atoms with van der Waals surface area (Å²) in [6, 6.07) is 17.7. The molecule has 1 atom stereocenters. The van der Waals surface area contributed by atoms with Gasteiger partial charge in [0.2, 0.25) is 0 Å². The number of ether oxygens (including phenoxy) is 1. The predicted molar refractivity (Wildman–Crippen MR) is 86.3 cm³/mol. The van der Waals surface area contributed by atoms with Gasteiger partial charge in [0.15, 0.2) is 5.38 Å². The summed E-state index contributed by atoms with van der Waals surface area (Å²) >= 11 is 6.19. The molecule has 0 saturated heterocycles. The molecule has 2 aromatic rings. The maximum atomic E-state index is 12.0. The molecule has 2 rings (SSSR count). The van der Waals surface area contributed by atoms with Crippen LogP contribution in [0.2, 0.25) is 0 Å². The van der Waals surface area contributed by atoms with Crippen LogP contribution in [0.25, 0.3) is 11.1 Å². The van der Waals surface area contributed by atoms with E-state index in [0.29, 0.717) is 0 Å². The molecule has 0 fully saturated rings. The highest BCUT2D eigenvalue weighted by atomic mass is 35.5. The second kappa shape index (κ2) is 6.31. The molecule has 0 aromatic heterocycles. The van der Waals surface area contributed by atoms with Crippen LogP contribution >= 0.6 is 11.6 Å². The average Bonchev–Trinajstić information content (AvgIpc) is 2.46. The first-order chi connectivity index (χ1) is 9.87. The zero-order chi connectivity index (χ0) is 15.5. The number of esters is 1. The van der Waals surface area contributed by atoms with E-state index in [1.807, 2.05) is 75.4 Å². The number of carbonyl (C=O) groups is 1. The van der Waals surface area contributed by atoms with Gasteiger partial charge in [-0.25, -0.2) is 0 Å². The van der Waals surface area contributed by atoms with Crippen molar-refractivity contribution in [2.75, 3.05) is 0 Å². The fourth-order valence-electron chi connectivity index (χ4n) is 1.96. The van der Waals surface area contributed by atoms with Gasteiger partial charge in [-0.2, -0.15) is 0 Å². The summed E-state index contributed by atoms with van der Waals surface area (Å²) in [4.78, 5) is 12.0. The van der Waals surface area contributed by atoms with E-state index in [2.05, 4.69) is 0 Å². The fourth-order valence-corrected chi connectivity index (χ4v) is 2.15. The minimum Gasteiger partial charge on any atom is -0.459 e. The Morgan fingerprint density at radius 2 is 1.48 bits per heavy atom. The van der Waals surface area contributed by atoms with Crippen molar-refractivity contribution in [3.8, 4) is 11.1 Å². The molecule has 1 unspecified atom stereocenters. The first-order valence-corrected chi connectivity index (χ1v) is 7.33. The van der Waals surface area contributed by atoms with Gasteiger partial charge < -0.3 is 4.74 Å². The quantitative estimate of drug-likeness (QED) is 0.590. The van der Waals surface area contributed by atoms with E-state index >= 15 is 0 Å². The fraction of sp³-hybridized carbons (Fsp3) is 0.278. The smallest absolute Gasteiger partial charge is 0.329 e. The second-order valence-corrected chi connectivity index (χ2v) is 6.32. The number of carbonyl (C=O) groups excluding carboxylic acids is 1. The first-order valence-electron chi connectivity index (χ1n) is 6.89. The lowest BCUT2D eigenvalue weighted by atomic mass is 10.0. The molecule has 0 N–H and O–H groups in total. The second-order valence-electron chi connectivity index (χ2n) is 5.88. The lowest BCUT2D eigenvalue weighted by Gasteiger charge is -2.21. The number of alkyl halides is 1. The molecule has 110 valence electrons. The van der Waals surface area contributed by atoms with Crippen LogP contribution in [-0.2, 0) is 9.53 Å². The zero-order valence-electron chi connectivity index (χ0n) is 12.5. The van der Waals surface area contributed by atoms with Crippen molar-refractivity contribution in [3.63, 3.8) is 0 Å². The normalized spacial score (nSPS) is 12.8. The monoisotopic (exact) mass is 302 g/mol. The molecular formula is C18H19ClO2. The van der Waals surface area contributed by atoms with Crippen LogP contribution in [-0.4, -0.2) is 11.6 Å². The highest BCUT2D eigenvalue weighted by Crippen LogP contribution is 2.27. The van der Waals surface area contributed by atoms with Gasteiger partial charge in [-0.15, -0.1) is 11.6 Å². The van der Waals surface area contributed by atoms with Gasteiger partial charge in [0.05, 0.1) is 0 Å². The van der Waals surface area contributed by atoms with Crippen LogP contribution in [0.1, 0.15) is 31.7 Å². The zero-order valence-corrected chi connectivity index (χ0v) is 13.2. The first kappa shape index (κ1) is 15.6. The van der Waals surface area contributed by atoms with Gasteiger partial charge in [-0.1, -0.05) is 54.6 Å². The molecule has 2 aromatic carbocycles. The third kappa shape index (κ3) is 4.33. The Morgan fingerprint density at radius 3 is 2.00 bits per heavy atom. The Bertz CT molecular complexity index is 597. The largest absolute Gasteiger partial charge is 0.459 e. The Kier molecular flexibility index (Phi) is 4.69. The standard InChI is InChI=1S/C18H19ClO2/c1-18(2,3)21-17(20)16(19)15-11-9-14(10-12-15)13-7-5-4-6-8-13/h4-12,16H,1-3H3. The van der Waals surface area contributed by atoms with Crippen molar-refractivity contribution >= 4 is 17.6 Å². The van der Waals surface area contributed by atoms with Crippen LogP contribution in [0.4, 0.5) is 0 Å². The third-order valence-electron chi connectivity index (χ3n) is 2.92. The molecule has 0 bridgehead atoms. The molecule has 3 heteroatoms. The molecule has 21 heavy (non-hydrogen) atoms. The average molecular weight is 303 g/mol. The van der Waals surface area contributed by atoms with E-state index < -0.39 is 16.9 Å². The summed E-state index contributed by atoms with van der Waals surface area (Å²) in [6.45, 7) is 5.48. The van der Waals surface area contributed by atoms with Crippen molar-refractivity contribution in [3.05, 3.63) is 60.2 Å². The van der Waals surface area contributed by atoms with E-state index in [0.717, 1.165) is 16.7 Å². The molecule has 0 radical (unpaired) electrons. The van der Waals surface area contributed by atoms with Crippen molar-refractivity contribution in [1.82, 2.24) is 0 Å². The van der Waals surface area contributed by atoms with Gasteiger partial charge in [0.1, 0.15) is 5.60 Å². The van der Waals surface area contributed by atoms with Crippen molar-refractivity contribution < 1.29 is 9.53 Å². The number of rotatable bonds is 3. The Labute approximate surface area is 130 Å². The number of halogens is 1. The van der Waals surface area contributed by atoms with Gasteiger partial charge in [-0.3, -0.25) is 4.79 Å². The molecule has 0 spiro atoms. The number of benzene rings is 2. The summed E-state index contributed by atoms with van der Waals surface area (Å²) in [5, 5.41) is -0.783. The molecule has 0 aliphatic rings. The number of hydrogen-bond donors (Lipinski definition) is 0. The van der Waals surface area contributed by atoms with E-state index in [-0.39, 0.29) is 0 Å². The van der Waals surface area contributed by atoms with Gasteiger partial charge in [-0.05, 0) is 37.5 Å². The molecule has 0 aliphatic heterocycles. The van der Waals surface area contributed by atoms with E-state index in [1.54, 1.807) is 0 Å². The molecule has 0 heterocycles. The highest BCUT2D eigenvalue weighted by Gasteiger charge is 2.24. The summed E-state index contributed by atoms with van der Waals surface area (Å²) in [5.74, 6) is -0.420. The lowest BCUT2D eigenvalue weighted by molar-refractivity contribution is -0.154. The summed E-state index contributed by atoms with van der Waals surface area (Å²) < 4.78 is 5.30. The predicted octanol–water partition coefficient (Wildman–Crippen LogP) is 4.98. The van der Waals surface area contributed by atoms with Crippen LogP contribution < -0.4 is 0 Å². The lowest BCUT2D eigenvalue weighted by Crippen LogP contribution is -2.26. The van der Waals surface area contributed by atoms with Crippen LogP contribution in [0, 0.1) is 0 Å². The van der Waals surface area contributed by atoms with Crippen LogP contribution in [0.5, 0.6) is 0 Å². The Morgan fingerprint density at radius 1 is 0.952 bits per heavy atom. The topological polar surface area (TPSA) is 26.3 Å². The third-order valence-corrected chi connectivity index (χ3v) is 3.35. The maximum absolute atomic E-state index is 12.0. The van der Waals surface area contributed by atoms with Crippen molar-refractivity contribution in [2.45, 2.75) is 31.7 Å². The maximum Gasteiger partial charge on any atom is 0.329 e. The SMILES string of the molecule is CC(C)(C)OC(=O)C(Cl)c1ccc(-c2ccccc2)cc1. The van der Waals surface area contributed by atoms with Crippen molar-refractivity contribution in [1.29, 1.82) is 0 Å². The van der Waals surface area contributed by atoms with Crippen molar-refractivity contribution in [2.24, 2.45) is 0 Å². The Balaban J connectivity index is 2.14. The van der Waals surface area contributed by atoms with Gasteiger partial charge in [0, 0.05) is 0 Å². The van der Waals surface area contributed by atoms with E-state index in [9.17, 15) is 4.79 Å². The minimum atomic E-state index is -0.783. The number of hydrogen-bond acceptors (Lipinski definition) is 2. The molecular weight excluding hydrogens is 284 g/mol. The van der Waals surface area contributed by atoms with E-state index in [4.69, 9.17) is 16.3 Å². The van der Waals surface area contributed by atoms with Crippen LogP contribution in [0.15, 0.2) is 54.6 Å².